The fourth-order valence-corrected chi connectivity index (χ4v) is 3.88. The van der Waals surface area contributed by atoms with Gasteiger partial charge in [0.1, 0.15) is 0 Å². The number of nitrogens with zero attached hydrogens (tertiary/aromatic N) is 1. The lowest BCUT2D eigenvalue weighted by Gasteiger charge is -2.17. The van der Waals surface area contributed by atoms with E-state index in [1.165, 1.54) is 20.9 Å². The van der Waals surface area contributed by atoms with Crippen LogP contribution in [-0.2, 0) is 13.0 Å². The van der Waals surface area contributed by atoms with E-state index in [2.05, 4.69) is 58.3 Å². The van der Waals surface area contributed by atoms with E-state index in [1.807, 2.05) is 35.1 Å². The molecule has 0 aromatic carbocycles. The van der Waals surface area contributed by atoms with Crippen molar-refractivity contribution in [1.29, 1.82) is 0 Å². The molecule has 3 aromatic rings. The Morgan fingerprint density at radius 1 is 1.14 bits per heavy atom. The summed E-state index contributed by atoms with van der Waals surface area (Å²) < 4.78 is 0. The number of aryl methyl sites for hydroxylation is 1. The first-order chi connectivity index (χ1) is 10.3. The monoisotopic (exact) mass is 314 g/mol. The molecule has 2 nitrogen and oxygen atoms in total. The maximum Gasteiger partial charge on any atom is 0.0466 e. The van der Waals surface area contributed by atoms with E-state index in [9.17, 15) is 0 Å². The van der Waals surface area contributed by atoms with Crippen molar-refractivity contribution in [1.82, 2.24) is 10.3 Å². The van der Waals surface area contributed by atoms with Gasteiger partial charge in [-0.3, -0.25) is 4.98 Å². The summed E-state index contributed by atoms with van der Waals surface area (Å²) in [4.78, 5) is 6.98. The molecule has 0 radical (unpaired) electrons. The van der Waals surface area contributed by atoms with Gasteiger partial charge in [-0.2, -0.15) is 0 Å². The molecule has 0 spiro atoms. The van der Waals surface area contributed by atoms with Gasteiger partial charge in [0.25, 0.3) is 0 Å². The first-order valence-corrected chi connectivity index (χ1v) is 8.77. The predicted molar refractivity (Wildman–Crippen MR) is 90.9 cm³/mol. The van der Waals surface area contributed by atoms with Crippen molar-refractivity contribution >= 4 is 22.7 Å². The highest BCUT2D eigenvalue weighted by atomic mass is 32.1. The van der Waals surface area contributed by atoms with Gasteiger partial charge in [0.15, 0.2) is 0 Å². The third-order valence-corrected chi connectivity index (χ3v) is 5.43. The van der Waals surface area contributed by atoms with Gasteiger partial charge in [0.2, 0.25) is 0 Å². The molecule has 21 heavy (non-hydrogen) atoms. The highest BCUT2D eigenvalue weighted by Gasteiger charge is 2.14. The van der Waals surface area contributed by atoms with Crippen LogP contribution in [0.25, 0.3) is 0 Å². The lowest BCUT2D eigenvalue weighted by Crippen LogP contribution is -2.22. The average molecular weight is 314 g/mol. The summed E-state index contributed by atoms with van der Waals surface area (Å²) in [7, 11) is 0. The third-order valence-electron chi connectivity index (χ3n) is 3.55. The molecule has 3 aromatic heterocycles. The molecule has 0 bridgehead atoms. The minimum Gasteiger partial charge on any atom is -0.305 e. The largest absolute Gasteiger partial charge is 0.305 e. The topological polar surface area (TPSA) is 24.9 Å². The molecule has 1 unspecified atom stereocenters. The summed E-state index contributed by atoms with van der Waals surface area (Å²) >= 11 is 3.65. The van der Waals surface area contributed by atoms with Gasteiger partial charge in [-0.05, 0) is 47.0 Å². The average Bonchev–Trinajstić information content (AvgIpc) is 3.18. The maximum absolute atomic E-state index is 4.16. The van der Waals surface area contributed by atoms with Crippen LogP contribution in [0.4, 0.5) is 0 Å². The van der Waals surface area contributed by atoms with E-state index >= 15 is 0 Å². The predicted octanol–water partition coefficient (Wildman–Crippen LogP) is 4.59. The highest BCUT2D eigenvalue weighted by Crippen LogP contribution is 2.25. The molecule has 0 saturated heterocycles. The second-order valence-corrected chi connectivity index (χ2v) is 7.05. The smallest absolute Gasteiger partial charge is 0.0466 e. The first-order valence-electron chi connectivity index (χ1n) is 7.01. The number of thiophene rings is 2. The van der Waals surface area contributed by atoms with Gasteiger partial charge in [0, 0.05) is 41.2 Å². The van der Waals surface area contributed by atoms with Crippen molar-refractivity contribution in [3.63, 3.8) is 0 Å². The Morgan fingerprint density at radius 3 is 2.71 bits per heavy atom. The number of aromatic nitrogens is 1. The van der Waals surface area contributed by atoms with Crippen LogP contribution in [0.2, 0.25) is 0 Å². The van der Waals surface area contributed by atoms with E-state index in [0.29, 0.717) is 6.04 Å². The number of rotatable bonds is 6. The van der Waals surface area contributed by atoms with Gasteiger partial charge < -0.3 is 5.32 Å². The van der Waals surface area contributed by atoms with E-state index in [1.54, 1.807) is 0 Å². The standard InChI is InChI=1S/C17H18N2S2/c1-13-11-18-7-6-14(13)12-19-16(17-5-3-9-21-17)10-15-4-2-8-20-15/h2-9,11,16,19H,10,12H2,1H3. The molecule has 3 rings (SSSR count). The van der Waals surface area contributed by atoms with Crippen LogP contribution in [0, 0.1) is 6.92 Å². The Morgan fingerprint density at radius 2 is 2.00 bits per heavy atom. The lowest BCUT2D eigenvalue weighted by atomic mass is 10.1. The van der Waals surface area contributed by atoms with Crippen molar-refractivity contribution in [3.05, 3.63) is 74.4 Å². The van der Waals surface area contributed by atoms with Gasteiger partial charge in [0.05, 0.1) is 0 Å². The summed E-state index contributed by atoms with van der Waals surface area (Å²) in [6.45, 7) is 2.99. The van der Waals surface area contributed by atoms with Crippen LogP contribution in [0.15, 0.2) is 53.5 Å². The summed E-state index contributed by atoms with van der Waals surface area (Å²) in [5, 5.41) is 8.00. The van der Waals surface area contributed by atoms with Crippen LogP contribution in [0.3, 0.4) is 0 Å². The molecule has 0 saturated carbocycles. The van der Waals surface area contributed by atoms with Gasteiger partial charge in [-0.1, -0.05) is 12.1 Å². The Kier molecular flexibility index (Phi) is 4.80. The number of hydrogen-bond donors (Lipinski definition) is 1. The Balaban J connectivity index is 1.72. The SMILES string of the molecule is Cc1cnccc1CNC(Cc1cccs1)c1cccs1. The summed E-state index contributed by atoms with van der Waals surface area (Å²) in [6.07, 6.45) is 4.84. The second kappa shape index (κ2) is 6.98. The highest BCUT2D eigenvalue weighted by molar-refractivity contribution is 7.10. The minimum absolute atomic E-state index is 0.371. The fraction of sp³-hybridized carbons (Fsp3) is 0.235. The van der Waals surface area contributed by atoms with Crippen molar-refractivity contribution in [2.24, 2.45) is 0 Å². The number of nitrogens with one attached hydrogen (secondary N) is 1. The van der Waals surface area contributed by atoms with Crippen LogP contribution < -0.4 is 5.32 Å². The quantitative estimate of drug-likeness (QED) is 0.720. The second-order valence-electron chi connectivity index (χ2n) is 5.03. The molecule has 0 aliphatic heterocycles. The van der Waals surface area contributed by atoms with Crippen molar-refractivity contribution in [3.8, 4) is 0 Å². The molecule has 108 valence electrons. The summed E-state index contributed by atoms with van der Waals surface area (Å²) in [6, 6.07) is 11.1. The molecule has 0 amide bonds. The zero-order valence-corrected chi connectivity index (χ0v) is 13.6. The molecule has 0 aliphatic carbocycles. The van der Waals surface area contributed by atoms with E-state index in [0.717, 1.165) is 13.0 Å². The number of hydrogen-bond acceptors (Lipinski definition) is 4. The normalized spacial score (nSPS) is 12.4. The Hall–Kier alpha value is -1.49. The van der Waals surface area contributed by atoms with Crippen molar-refractivity contribution in [2.75, 3.05) is 0 Å². The minimum atomic E-state index is 0.371. The molecule has 3 heterocycles. The van der Waals surface area contributed by atoms with E-state index in [-0.39, 0.29) is 0 Å². The first kappa shape index (κ1) is 14.4. The molecule has 0 fully saturated rings. The maximum atomic E-state index is 4.16. The van der Waals surface area contributed by atoms with Crippen molar-refractivity contribution in [2.45, 2.75) is 25.9 Å². The fourth-order valence-electron chi connectivity index (χ4n) is 2.33. The van der Waals surface area contributed by atoms with Gasteiger partial charge in [-0.15, -0.1) is 22.7 Å². The van der Waals surface area contributed by atoms with Crippen LogP contribution in [0.5, 0.6) is 0 Å². The molecular formula is C17H18N2S2. The third kappa shape index (κ3) is 3.79. The van der Waals surface area contributed by atoms with Crippen LogP contribution in [0.1, 0.15) is 26.9 Å². The molecule has 4 heteroatoms. The van der Waals surface area contributed by atoms with Crippen molar-refractivity contribution < 1.29 is 0 Å². The molecule has 1 N–H and O–H groups in total. The Bertz CT molecular complexity index is 660. The zero-order chi connectivity index (χ0) is 14.5. The molecule has 1 atom stereocenters. The van der Waals surface area contributed by atoms with Gasteiger partial charge >= 0.3 is 0 Å². The summed E-state index contributed by atoms with van der Waals surface area (Å²) in [5.74, 6) is 0. The van der Waals surface area contributed by atoms with Crippen LogP contribution >= 0.6 is 22.7 Å². The van der Waals surface area contributed by atoms with E-state index in [4.69, 9.17) is 0 Å². The molecular weight excluding hydrogens is 296 g/mol. The molecule has 0 aliphatic rings. The number of pyridine rings is 1. The lowest BCUT2D eigenvalue weighted by molar-refractivity contribution is 0.540. The van der Waals surface area contributed by atoms with Crippen LogP contribution in [-0.4, -0.2) is 4.98 Å². The van der Waals surface area contributed by atoms with Gasteiger partial charge in [-0.25, -0.2) is 0 Å². The zero-order valence-electron chi connectivity index (χ0n) is 12.0. The Labute approximate surface area is 133 Å². The summed E-state index contributed by atoms with van der Waals surface area (Å²) in [5.41, 5.74) is 2.56. The van der Waals surface area contributed by atoms with E-state index < -0.39 is 0 Å².